The van der Waals surface area contributed by atoms with Gasteiger partial charge < -0.3 is 11.1 Å². The molecule has 2 aromatic carbocycles. The molecule has 0 aromatic heterocycles. The standard InChI is InChI=1S/C13H12BrClN2/c1-8-4-2-6-10(16)13(8)17-11-7-3-5-9(15)12(11)14/h2-7,17H,16H2,1H3. The minimum Gasteiger partial charge on any atom is -0.397 e. The van der Waals surface area contributed by atoms with Gasteiger partial charge in [-0.1, -0.05) is 29.8 Å². The van der Waals surface area contributed by atoms with E-state index in [1.807, 2.05) is 43.3 Å². The van der Waals surface area contributed by atoms with Gasteiger partial charge in [-0.15, -0.1) is 0 Å². The molecule has 0 radical (unpaired) electrons. The number of nitrogens with one attached hydrogen (secondary N) is 1. The second kappa shape index (κ2) is 4.98. The van der Waals surface area contributed by atoms with E-state index in [-0.39, 0.29) is 0 Å². The van der Waals surface area contributed by atoms with Crippen LogP contribution in [-0.4, -0.2) is 0 Å². The molecule has 0 aliphatic heterocycles. The average molecular weight is 312 g/mol. The monoisotopic (exact) mass is 310 g/mol. The summed E-state index contributed by atoms with van der Waals surface area (Å²) in [4.78, 5) is 0. The number of anilines is 3. The second-order valence-electron chi connectivity index (χ2n) is 3.77. The van der Waals surface area contributed by atoms with Crippen molar-refractivity contribution < 1.29 is 0 Å². The van der Waals surface area contributed by atoms with Gasteiger partial charge >= 0.3 is 0 Å². The molecule has 0 atom stereocenters. The zero-order valence-electron chi connectivity index (χ0n) is 9.30. The Labute approximate surface area is 114 Å². The van der Waals surface area contributed by atoms with Crippen LogP contribution in [0.25, 0.3) is 0 Å². The maximum atomic E-state index is 6.04. The van der Waals surface area contributed by atoms with Crippen LogP contribution in [0.4, 0.5) is 17.1 Å². The van der Waals surface area contributed by atoms with Crippen LogP contribution in [-0.2, 0) is 0 Å². The number of para-hydroxylation sites is 1. The normalized spacial score (nSPS) is 10.3. The summed E-state index contributed by atoms with van der Waals surface area (Å²) in [5, 5.41) is 3.96. The summed E-state index contributed by atoms with van der Waals surface area (Å²) in [5.41, 5.74) is 9.57. The highest BCUT2D eigenvalue weighted by atomic mass is 79.9. The van der Waals surface area contributed by atoms with E-state index in [1.54, 1.807) is 0 Å². The summed E-state index contributed by atoms with van der Waals surface area (Å²) < 4.78 is 0.837. The highest BCUT2D eigenvalue weighted by Gasteiger charge is 2.07. The van der Waals surface area contributed by atoms with Crippen LogP contribution in [0, 0.1) is 6.92 Å². The fourth-order valence-electron chi connectivity index (χ4n) is 1.60. The van der Waals surface area contributed by atoms with Crippen molar-refractivity contribution in [3.05, 3.63) is 51.5 Å². The molecule has 0 heterocycles. The van der Waals surface area contributed by atoms with E-state index >= 15 is 0 Å². The van der Waals surface area contributed by atoms with Gasteiger partial charge in [0.1, 0.15) is 0 Å². The Morgan fingerprint density at radius 3 is 2.59 bits per heavy atom. The number of aryl methyl sites for hydroxylation is 1. The molecule has 0 aliphatic rings. The lowest BCUT2D eigenvalue weighted by Gasteiger charge is -2.14. The molecular formula is C13H12BrClN2. The maximum Gasteiger partial charge on any atom is 0.0647 e. The first kappa shape index (κ1) is 12.3. The lowest BCUT2D eigenvalue weighted by molar-refractivity contribution is 1.42. The molecule has 3 N–H and O–H groups in total. The number of hydrogen-bond donors (Lipinski definition) is 2. The van der Waals surface area contributed by atoms with Crippen molar-refractivity contribution in [2.75, 3.05) is 11.1 Å². The largest absolute Gasteiger partial charge is 0.397 e. The predicted molar refractivity (Wildman–Crippen MR) is 78.0 cm³/mol. The van der Waals surface area contributed by atoms with Crippen LogP contribution in [0.3, 0.4) is 0 Å². The van der Waals surface area contributed by atoms with Crippen LogP contribution >= 0.6 is 27.5 Å². The Morgan fingerprint density at radius 2 is 1.88 bits per heavy atom. The minimum atomic E-state index is 0.669. The molecule has 0 bridgehead atoms. The van der Waals surface area contributed by atoms with Crippen molar-refractivity contribution in [1.82, 2.24) is 0 Å². The van der Waals surface area contributed by atoms with E-state index in [2.05, 4.69) is 21.2 Å². The van der Waals surface area contributed by atoms with E-state index in [4.69, 9.17) is 17.3 Å². The van der Waals surface area contributed by atoms with E-state index < -0.39 is 0 Å². The molecule has 2 aromatic rings. The van der Waals surface area contributed by atoms with Gasteiger partial charge in [-0.05, 0) is 46.6 Å². The first-order valence-electron chi connectivity index (χ1n) is 5.15. The lowest BCUT2D eigenvalue weighted by atomic mass is 10.1. The molecule has 2 nitrogen and oxygen atoms in total. The first-order valence-corrected chi connectivity index (χ1v) is 6.33. The van der Waals surface area contributed by atoms with Gasteiger partial charge in [0.05, 0.1) is 26.6 Å². The lowest BCUT2D eigenvalue weighted by Crippen LogP contribution is -1.99. The Hall–Kier alpha value is -1.19. The fourth-order valence-corrected chi connectivity index (χ4v) is 2.13. The summed E-state index contributed by atoms with van der Waals surface area (Å²) in [6, 6.07) is 11.5. The number of benzene rings is 2. The summed E-state index contributed by atoms with van der Waals surface area (Å²) in [5.74, 6) is 0. The van der Waals surface area contributed by atoms with Gasteiger partial charge in [-0.25, -0.2) is 0 Å². The summed E-state index contributed by atoms with van der Waals surface area (Å²) in [7, 11) is 0. The zero-order chi connectivity index (χ0) is 12.4. The number of rotatable bonds is 2. The molecule has 17 heavy (non-hydrogen) atoms. The molecule has 0 spiro atoms. The second-order valence-corrected chi connectivity index (χ2v) is 4.97. The van der Waals surface area contributed by atoms with Crippen LogP contribution in [0.1, 0.15) is 5.56 Å². The first-order chi connectivity index (χ1) is 8.09. The number of nitrogens with two attached hydrogens (primary N) is 1. The Morgan fingerprint density at radius 1 is 1.18 bits per heavy atom. The highest BCUT2D eigenvalue weighted by molar-refractivity contribution is 9.10. The molecular weight excluding hydrogens is 300 g/mol. The summed E-state index contributed by atoms with van der Waals surface area (Å²) in [6.07, 6.45) is 0. The smallest absolute Gasteiger partial charge is 0.0647 e. The van der Waals surface area contributed by atoms with Gasteiger partial charge in [0.15, 0.2) is 0 Å². The molecule has 0 fully saturated rings. The van der Waals surface area contributed by atoms with E-state index in [9.17, 15) is 0 Å². The van der Waals surface area contributed by atoms with Crippen molar-refractivity contribution in [2.24, 2.45) is 0 Å². The van der Waals surface area contributed by atoms with Crippen LogP contribution in [0.2, 0.25) is 5.02 Å². The third-order valence-corrected chi connectivity index (χ3v) is 3.91. The molecule has 4 heteroatoms. The Bertz CT molecular complexity index is 535. The molecule has 0 unspecified atom stereocenters. The third kappa shape index (κ3) is 2.56. The molecule has 0 aliphatic carbocycles. The molecule has 2 rings (SSSR count). The van der Waals surface area contributed by atoms with Gasteiger partial charge in [-0.3, -0.25) is 0 Å². The number of halogens is 2. The van der Waals surface area contributed by atoms with E-state index in [0.29, 0.717) is 5.02 Å². The number of hydrogen-bond acceptors (Lipinski definition) is 2. The highest BCUT2D eigenvalue weighted by Crippen LogP contribution is 2.34. The zero-order valence-corrected chi connectivity index (χ0v) is 11.6. The average Bonchev–Trinajstić information content (AvgIpc) is 2.29. The van der Waals surface area contributed by atoms with Crippen LogP contribution in [0.5, 0.6) is 0 Å². The van der Waals surface area contributed by atoms with Gasteiger partial charge in [0.2, 0.25) is 0 Å². The Balaban J connectivity index is 2.42. The van der Waals surface area contributed by atoms with Crippen molar-refractivity contribution in [2.45, 2.75) is 6.92 Å². The molecule has 0 amide bonds. The maximum absolute atomic E-state index is 6.04. The van der Waals surface area contributed by atoms with Gasteiger partial charge in [0, 0.05) is 0 Å². The Kier molecular flexibility index (Phi) is 3.60. The van der Waals surface area contributed by atoms with Crippen molar-refractivity contribution in [3.8, 4) is 0 Å². The van der Waals surface area contributed by atoms with Crippen LogP contribution < -0.4 is 11.1 Å². The number of nitrogen functional groups attached to an aromatic ring is 1. The minimum absolute atomic E-state index is 0.669. The summed E-state index contributed by atoms with van der Waals surface area (Å²) in [6.45, 7) is 2.01. The topological polar surface area (TPSA) is 38.0 Å². The molecule has 88 valence electrons. The van der Waals surface area contributed by atoms with Gasteiger partial charge in [0.25, 0.3) is 0 Å². The van der Waals surface area contributed by atoms with Crippen molar-refractivity contribution in [1.29, 1.82) is 0 Å². The third-order valence-electron chi connectivity index (χ3n) is 2.52. The van der Waals surface area contributed by atoms with Gasteiger partial charge in [-0.2, -0.15) is 0 Å². The van der Waals surface area contributed by atoms with Crippen molar-refractivity contribution in [3.63, 3.8) is 0 Å². The summed E-state index contributed by atoms with van der Waals surface area (Å²) >= 11 is 9.49. The van der Waals surface area contributed by atoms with Crippen molar-refractivity contribution >= 4 is 44.6 Å². The van der Waals surface area contributed by atoms with E-state index in [0.717, 1.165) is 27.1 Å². The van der Waals surface area contributed by atoms with E-state index in [1.165, 1.54) is 0 Å². The SMILES string of the molecule is Cc1cccc(N)c1Nc1cccc(Cl)c1Br. The fraction of sp³-hybridized carbons (Fsp3) is 0.0769. The quantitative estimate of drug-likeness (QED) is 0.786. The molecule has 0 saturated heterocycles. The van der Waals surface area contributed by atoms with Crippen LogP contribution in [0.15, 0.2) is 40.9 Å². The molecule has 0 saturated carbocycles. The predicted octanol–water partition coefficient (Wildman–Crippen LogP) is 4.74.